The minimum Gasteiger partial charge on any atom is -0.353 e. The van der Waals surface area contributed by atoms with Crippen LogP contribution in [0.4, 0.5) is 15.8 Å². The zero-order valence-electron chi connectivity index (χ0n) is 13.7. The SMILES string of the molecule is CCN1CCN(C(=O)c2cc(Nc3ccccc3F)ccn2)CC1. The molecule has 1 aromatic heterocycles. The number of aromatic nitrogens is 1. The van der Waals surface area contributed by atoms with E-state index in [9.17, 15) is 9.18 Å². The number of halogens is 1. The van der Waals surface area contributed by atoms with Gasteiger partial charge >= 0.3 is 0 Å². The van der Waals surface area contributed by atoms with Gasteiger partial charge < -0.3 is 15.1 Å². The Morgan fingerprint density at radius 1 is 1.21 bits per heavy atom. The summed E-state index contributed by atoms with van der Waals surface area (Å²) in [5.74, 6) is -0.416. The Morgan fingerprint density at radius 3 is 2.67 bits per heavy atom. The minimum absolute atomic E-state index is 0.0806. The zero-order chi connectivity index (χ0) is 16.9. The van der Waals surface area contributed by atoms with Crippen molar-refractivity contribution >= 4 is 17.3 Å². The van der Waals surface area contributed by atoms with Crippen LogP contribution in [0.25, 0.3) is 0 Å². The number of para-hydroxylation sites is 1. The summed E-state index contributed by atoms with van der Waals surface area (Å²) in [4.78, 5) is 20.9. The van der Waals surface area contributed by atoms with Gasteiger partial charge in [0.15, 0.2) is 0 Å². The fourth-order valence-corrected chi connectivity index (χ4v) is 2.77. The Bertz CT molecular complexity index is 714. The van der Waals surface area contributed by atoms with Crippen molar-refractivity contribution < 1.29 is 9.18 Å². The third-order valence-electron chi connectivity index (χ3n) is 4.24. The van der Waals surface area contributed by atoms with Gasteiger partial charge in [-0.1, -0.05) is 19.1 Å². The molecule has 2 aromatic rings. The molecule has 1 aliphatic rings. The van der Waals surface area contributed by atoms with Crippen molar-refractivity contribution in [1.29, 1.82) is 0 Å². The number of anilines is 2. The summed E-state index contributed by atoms with van der Waals surface area (Å²) in [6.07, 6.45) is 1.57. The van der Waals surface area contributed by atoms with Crippen LogP contribution in [0, 0.1) is 5.82 Å². The molecule has 1 fully saturated rings. The first kappa shape index (κ1) is 16.4. The van der Waals surface area contributed by atoms with Gasteiger partial charge in [-0.15, -0.1) is 0 Å². The van der Waals surface area contributed by atoms with Crippen molar-refractivity contribution in [2.75, 3.05) is 38.0 Å². The molecule has 6 heteroatoms. The number of pyridine rings is 1. The standard InChI is InChI=1S/C18H21FN4O/c1-2-22-9-11-23(12-10-22)18(24)17-13-14(7-8-20-17)21-16-6-4-3-5-15(16)19/h3-8,13H,2,9-12H2,1H3,(H,20,21). The molecule has 0 atom stereocenters. The second-order valence-electron chi connectivity index (χ2n) is 5.76. The highest BCUT2D eigenvalue weighted by Crippen LogP contribution is 2.20. The molecular formula is C18H21FN4O. The lowest BCUT2D eigenvalue weighted by Crippen LogP contribution is -2.48. The third kappa shape index (κ3) is 3.71. The highest BCUT2D eigenvalue weighted by Gasteiger charge is 2.22. The minimum atomic E-state index is -0.335. The van der Waals surface area contributed by atoms with Gasteiger partial charge in [-0.05, 0) is 30.8 Å². The largest absolute Gasteiger partial charge is 0.353 e. The van der Waals surface area contributed by atoms with Gasteiger partial charge in [0.1, 0.15) is 11.5 Å². The van der Waals surface area contributed by atoms with Crippen LogP contribution in [-0.2, 0) is 0 Å². The summed E-state index contributed by atoms with van der Waals surface area (Å²) in [6, 6.07) is 9.83. The van der Waals surface area contributed by atoms with Crippen LogP contribution in [0.15, 0.2) is 42.6 Å². The monoisotopic (exact) mass is 328 g/mol. The number of rotatable bonds is 4. The Hall–Kier alpha value is -2.47. The van der Waals surface area contributed by atoms with Crippen molar-refractivity contribution in [3.8, 4) is 0 Å². The van der Waals surface area contributed by atoms with Crippen molar-refractivity contribution in [3.63, 3.8) is 0 Å². The molecule has 3 rings (SSSR count). The van der Waals surface area contributed by atoms with Gasteiger partial charge in [-0.25, -0.2) is 4.39 Å². The van der Waals surface area contributed by atoms with E-state index in [0.717, 1.165) is 19.6 Å². The quantitative estimate of drug-likeness (QED) is 0.937. The van der Waals surface area contributed by atoms with Crippen LogP contribution >= 0.6 is 0 Å². The second kappa shape index (κ2) is 7.40. The fraction of sp³-hybridized carbons (Fsp3) is 0.333. The number of nitrogens with one attached hydrogen (secondary N) is 1. The van der Waals surface area contributed by atoms with E-state index in [1.165, 1.54) is 6.07 Å². The van der Waals surface area contributed by atoms with Gasteiger partial charge in [0.25, 0.3) is 5.91 Å². The van der Waals surface area contributed by atoms with Gasteiger partial charge in [0.2, 0.25) is 0 Å². The van der Waals surface area contributed by atoms with E-state index in [4.69, 9.17) is 0 Å². The molecule has 126 valence electrons. The van der Waals surface area contributed by atoms with E-state index in [2.05, 4.69) is 22.1 Å². The number of hydrogen-bond acceptors (Lipinski definition) is 4. The predicted octanol–water partition coefficient (Wildman–Crippen LogP) is 2.74. The Balaban J connectivity index is 1.71. The molecule has 0 saturated carbocycles. The van der Waals surface area contributed by atoms with Crippen LogP contribution in [0.3, 0.4) is 0 Å². The maximum absolute atomic E-state index is 13.7. The molecule has 2 heterocycles. The number of nitrogens with zero attached hydrogens (tertiary/aromatic N) is 3. The first-order valence-corrected chi connectivity index (χ1v) is 8.16. The number of likely N-dealkylation sites (N-methyl/N-ethyl adjacent to an activating group) is 1. The van der Waals surface area contributed by atoms with Crippen molar-refractivity contribution in [1.82, 2.24) is 14.8 Å². The van der Waals surface area contributed by atoms with Crippen LogP contribution in [0.5, 0.6) is 0 Å². The lowest BCUT2D eigenvalue weighted by molar-refractivity contribution is 0.0637. The number of carbonyl (C=O) groups excluding carboxylic acids is 1. The maximum atomic E-state index is 13.7. The predicted molar refractivity (Wildman–Crippen MR) is 91.9 cm³/mol. The number of hydrogen-bond donors (Lipinski definition) is 1. The smallest absolute Gasteiger partial charge is 0.272 e. The van der Waals surface area contributed by atoms with E-state index in [1.807, 2.05) is 4.90 Å². The normalized spacial score (nSPS) is 15.3. The van der Waals surface area contributed by atoms with E-state index < -0.39 is 0 Å². The zero-order valence-corrected chi connectivity index (χ0v) is 13.7. The highest BCUT2D eigenvalue weighted by atomic mass is 19.1. The average Bonchev–Trinajstić information content (AvgIpc) is 2.63. The summed E-state index contributed by atoms with van der Waals surface area (Å²) in [7, 11) is 0. The number of carbonyl (C=O) groups is 1. The highest BCUT2D eigenvalue weighted by molar-refractivity contribution is 5.93. The molecule has 5 nitrogen and oxygen atoms in total. The average molecular weight is 328 g/mol. The first-order chi connectivity index (χ1) is 11.7. The van der Waals surface area contributed by atoms with Crippen molar-refractivity contribution in [3.05, 3.63) is 54.1 Å². The molecule has 0 radical (unpaired) electrons. The molecule has 1 saturated heterocycles. The van der Waals surface area contributed by atoms with Gasteiger partial charge in [-0.3, -0.25) is 9.78 Å². The van der Waals surface area contributed by atoms with E-state index in [0.29, 0.717) is 30.2 Å². The Labute approximate surface area is 141 Å². The molecule has 0 bridgehead atoms. The Morgan fingerprint density at radius 2 is 1.96 bits per heavy atom. The molecule has 1 aromatic carbocycles. The summed E-state index contributed by atoms with van der Waals surface area (Å²) >= 11 is 0. The molecule has 1 N–H and O–H groups in total. The lowest BCUT2D eigenvalue weighted by Gasteiger charge is -2.33. The van der Waals surface area contributed by atoms with Crippen LogP contribution in [-0.4, -0.2) is 53.4 Å². The first-order valence-electron chi connectivity index (χ1n) is 8.16. The van der Waals surface area contributed by atoms with E-state index >= 15 is 0 Å². The van der Waals surface area contributed by atoms with Crippen molar-refractivity contribution in [2.45, 2.75) is 6.92 Å². The number of amides is 1. The van der Waals surface area contributed by atoms with Crippen molar-refractivity contribution in [2.24, 2.45) is 0 Å². The number of benzene rings is 1. The molecule has 24 heavy (non-hydrogen) atoms. The van der Waals surface area contributed by atoms with Crippen LogP contribution < -0.4 is 5.32 Å². The lowest BCUT2D eigenvalue weighted by atomic mass is 10.2. The molecule has 0 aliphatic carbocycles. The molecular weight excluding hydrogens is 307 g/mol. The molecule has 0 spiro atoms. The van der Waals surface area contributed by atoms with Crippen LogP contribution in [0.2, 0.25) is 0 Å². The van der Waals surface area contributed by atoms with Gasteiger partial charge in [0, 0.05) is 38.1 Å². The molecule has 0 unspecified atom stereocenters. The molecule has 1 aliphatic heterocycles. The van der Waals surface area contributed by atoms with Crippen LogP contribution in [0.1, 0.15) is 17.4 Å². The number of piperazine rings is 1. The fourth-order valence-electron chi connectivity index (χ4n) is 2.77. The van der Waals surface area contributed by atoms with E-state index in [-0.39, 0.29) is 11.7 Å². The molecule has 1 amide bonds. The second-order valence-corrected chi connectivity index (χ2v) is 5.76. The summed E-state index contributed by atoms with van der Waals surface area (Å²) in [5, 5.41) is 2.99. The summed E-state index contributed by atoms with van der Waals surface area (Å²) < 4.78 is 13.7. The Kier molecular flexibility index (Phi) is 5.05. The topological polar surface area (TPSA) is 48.5 Å². The summed E-state index contributed by atoms with van der Waals surface area (Å²) in [5.41, 5.74) is 1.39. The third-order valence-corrected chi connectivity index (χ3v) is 4.24. The maximum Gasteiger partial charge on any atom is 0.272 e. The van der Waals surface area contributed by atoms with Gasteiger partial charge in [0.05, 0.1) is 5.69 Å². The van der Waals surface area contributed by atoms with Gasteiger partial charge in [-0.2, -0.15) is 0 Å². The van der Waals surface area contributed by atoms with E-state index in [1.54, 1.807) is 36.5 Å². The summed E-state index contributed by atoms with van der Waals surface area (Å²) in [6.45, 7) is 6.31.